The molecular formula is C13H9BrClN3O3S. The van der Waals surface area contributed by atoms with Gasteiger partial charge >= 0.3 is 5.97 Å². The summed E-state index contributed by atoms with van der Waals surface area (Å²) in [6.45, 7) is 0. The largest absolute Gasteiger partial charge is 0.466 e. The van der Waals surface area contributed by atoms with Crippen molar-refractivity contribution in [2.45, 2.75) is 0 Å². The smallest absolute Gasteiger partial charge is 0.331 e. The van der Waals surface area contributed by atoms with Crippen molar-refractivity contribution in [3.63, 3.8) is 0 Å². The second kappa shape index (κ2) is 7.57. The van der Waals surface area contributed by atoms with E-state index in [0.29, 0.717) is 5.02 Å². The summed E-state index contributed by atoms with van der Waals surface area (Å²) >= 11 is 10.3. The summed E-state index contributed by atoms with van der Waals surface area (Å²) in [6, 6.07) is 5.25. The van der Waals surface area contributed by atoms with Crippen LogP contribution in [0.15, 0.2) is 43.9 Å². The van der Waals surface area contributed by atoms with Crippen molar-refractivity contribution in [3.8, 4) is 0 Å². The minimum atomic E-state index is -0.606. The van der Waals surface area contributed by atoms with Crippen molar-refractivity contribution >= 4 is 62.6 Å². The molecular weight excluding hydrogens is 394 g/mol. The average Bonchev–Trinajstić information content (AvgIpc) is 2.82. The molecule has 0 unspecified atom stereocenters. The average molecular weight is 403 g/mol. The van der Waals surface area contributed by atoms with Gasteiger partial charge in [0, 0.05) is 21.1 Å². The van der Waals surface area contributed by atoms with Gasteiger partial charge in [0.15, 0.2) is 5.17 Å². The molecule has 0 spiro atoms. The Hall–Kier alpha value is -1.64. The van der Waals surface area contributed by atoms with Gasteiger partial charge in [-0.3, -0.25) is 10.1 Å². The number of nitrogens with one attached hydrogen (secondary N) is 1. The molecule has 1 N–H and O–H groups in total. The molecule has 0 saturated carbocycles. The van der Waals surface area contributed by atoms with Gasteiger partial charge in [-0.05, 0) is 30.0 Å². The van der Waals surface area contributed by atoms with E-state index >= 15 is 0 Å². The molecule has 1 saturated heterocycles. The van der Waals surface area contributed by atoms with Gasteiger partial charge in [0.05, 0.1) is 18.2 Å². The van der Waals surface area contributed by atoms with Crippen LogP contribution in [-0.2, 0) is 14.3 Å². The van der Waals surface area contributed by atoms with E-state index in [1.54, 1.807) is 18.2 Å². The van der Waals surface area contributed by atoms with Crippen LogP contribution in [0.25, 0.3) is 0 Å². The van der Waals surface area contributed by atoms with E-state index in [4.69, 9.17) is 11.6 Å². The SMILES string of the molecule is COC(=O)/C=C1/S/C(=N\N=Cc2cc(Cl)ccc2Br)NC1=O. The van der Waals surface area contributed by atoms with E-state index in [9.17, 15) is 9.59 Å². The van der Waals surface area contributed by atoms with Crippen molar-refractivity contribution in [2.75, 3.05) is 7.11 Å². The van der Waals surface area contributed by atoms with Gasteiger partial charge in [0.2, 0.25) is 0 Å². The van der Waals surface area contributed by atoms with Gasteiger partial charge in [-0.25, -0.2) is 4.79 Å². The quantitative estimate of drug-likeness (QED) is 0.365. The van der Waals surface area contributed by atoms with Gasteiger partial charge in [0.25, 0.3) is 5.91 Å². The van der Waals surface area contributed by atoms with Crippen LogP contribution in [0.1, 0.15) is 5.56 Å². The van der Waals surface area contributed by atoms with Gasteiger partial charge < -0.3 is 4.74 Å². The number of nitrogens with zero attached hydrogens (tertiary/aromatic N) is 2. The number of methoxy groups -OCH3 is 1. The maximum atomic E-state index is 11.6. The topological polar surface area (TPSA) is 80.1 Å². The Kier molecular flexibility index (Phi) is 5.76. The molecule has 1 heterocycles. The van der Waals surface area contributed by atoms with Gasteiger partial charge in [-0.15, -0.1) is 5.10 Å². The molecule has 1 aliphatic rings. The van der Waals surface area contributed by atoms with E-state index < -0.39 is 11.9 Å². The number of halogens is 2. The first-order chi connectivity index (χ1) is 10.5. The highest BCUT2D eigenvalue weighted by atomic mass is 79.9. The molecule has 1 aliphatic heterocycles. The Balaban J connectivity index is 2.10. The van der Waals surface area contributed by atoms with Crippen molar-refractivity contribution < 1.29 is 14.3 Å². The number of carbonyl (C=O) groups excluding carboxylic acids is 2. The van der Waals surface area contributed by atoms with Crippen LogP contribution >= 0.6 is 39.3 Å². The van der Waals surface area contributed by atoms with Crippen LogP contribution in [0, 0.1) is 0 Å². The van der Waals surface area contributed by atoms with Crippen LogP contribution in [0.2, 0.25) is 5.02 Å². The Morgan fingerprint density at radius 1 is 1.50 bits per heavy atom. The lowest BCUT2D eigenvalue weighted by atomic mass is 10.2. The number of hydrogen-bond acceptors (Lipinski definition) is 6. The highest BCUT2D eigenvalue weighted by Crippen LogP contribution is 2.23. The van der Waals surface area contributed by atoms with Gasteiger partial charge in [-0.1, -0.05) is 27.5 Å². The van der Waals surface area contributed by atoms with Crippen LogP contribution in [0.4, 0.5) is 0 Å². The fourth-order valence-corrected chi connectivity index (χ4v) is 2.67. The third-order valence-corrected chi connectivity index (χ3v) is 4.26. The zero-order valence-corrected chi connectivity index (χ0v) is 14.3. The number of amidine groups is 1. The molecule has 0 radical (unpaired) electrons. The number of ether oxygens (including phenoxy) is 1. The standard InChI is InChI=1S/C13H9BrClN3O3S/c1-21-11(19)5-10-12(20)17-13(22-10)18-16-6-7-4-8(15)2-3-9(7)14/h2-6H,1H3,(H,17,18,20)/b10-5+,16-6?. The minimum Gasteiger partial charge on any atom is -0.466 e. The lowest BCUT2D eigenvalue weighted by Gasteiger charge is -1.97. The predicted octanol–water partition coefficient (Wildman–Crippen LogP) is 2.71. The molecule has 2 rings (SSSR count). The van der Waals surface area contributed by atoms with Gasteiger partial charge in [-0.2, -0.15) is 5.10 Å². The molecule has 6 nitrogen and oxygen atoms in total. The fourth-order valence-electron chi connectivity index (χ4n) is 1.40. The number of thioether (sulfide) groups is 1. The van der Waals surface area contributed by atoms with Gasteiger partial charge in [0.1, 0.15) is 0 Å². The Labute approximate surface area is 143 Å². The summed E-state index contributed by atoms with van der Waals surface area (Å²) < 4.78 is 5.28. The molecule has 22 heavy (non-hydrogen) atoms. The molecule has 9 heteroatoms. The molecule has 1 fully saturated rings. The van der Waals surface area contributed by atoms with E-state index in [1.807, 2.05) is 0 Å². The molecule has 1 aromatic rings. The second-order valence-corrected chi connectivity index (χ2v) is 6.22. The second-order valence-electron chi connectivity index (χ2n) is 3.90. The van der Waals surface area contributed by atoms with E-state index in [1.165, 1.54) is 13.3 Å². The minimum absolute atomic E-state index is 0.199. The molecule has 1 aromatic carbocycles. The number of rotatable bonds is 3. The highest BCUT2D eigenvalue weighted by molar-refractivity contribution is 9.10. The molecule has 0 atom stereocenters. The van der Waals surface area contributed by atoms with Crippen molar-refractivity contribution in [3.05, 3.63) is 44.2 Å². The van der Waals surface area contributed by atoms with Crippen molar-refractivity contribution in [1.82, 2.24) is 5.32 Å². The first-order valence-corrected chi connectivity index (χ1v) is 7.83. The summed E-state index contributed by atoms with van der Waals surface area (Å²) in [5.74, 6) is -1.03. The summed E-state index contributed by atoms with van der Waals surface area (Å²) in [4.78, 5) is 22.9. The number of esters is 1. The summed E-state index contributed by atoms with van der Waals surface area (Å²) in [6.07, 6.45) is 2.59. The number of amides is 1. The molecule has 0 bridgehead atoms. The first kappa shape index (κ1) is 16.7. The third kappa shape index (κ3) is 4.43. The third-order valence-electron chi connectivity index (χ3n) is 2.40. The number of hydrogen-bond donors (Lipinski definition) is 1. The Morgan fingerprint density at radius 3 is 3.00 bits per heavy atom. The zero-order valence-electron chi connectivity index (χ0n) is 11.2. The maximum absolute atomic E-state index is 11.6. The first-order valence-electron chi connectivity index (χ1n) is 5.84. The van der Waals surface area contributed by atoms with Crippen LogP contribution in [0.3, 0.4) is 0 Å². The predicted molar refractivity (Wildman–Crippen MR) is 90.0 cm³/mol. The van der Waals surface area contributed by atoms with Crippen molar-refractivity contribution in [1.29, 1.82) is 0 Å². The van der Waals surface area contributed by atoms with Crippen LogP contribution in [0.5, 0.6) is 0 Å². The molecule has 114 valence electrons. The lowest BCUT2D eigenvalue weighted by molar-refractivity contribution is -0.135. The number of benzene rings is 1. The van der Waals surface area contributed by atoms with E-state index in [-0.39, 0.29) is 10.1 Å². The Bertz CT molecular complexity index is 718. The monoisotopic (exact) mass is 401 g/mol. The highest BCUT2D eigenvalue weighted by Gasteiger charge is 2.24. The zero-order chi connectivity index (χ0) is 16.1. The maximum Gasteiger partial charge on any atom is 0.331 e. The van der Waals surface area contributed by atoms with Crippen molar-refractivity contribution in [2.24, 2.45) is 10.2 Å². The van der Waals surface area contributed by atoms with E-state index in [2.05, 4.69) is 36.2 Å². The molecule has 0 aliphatic carbocycles. The normalized spacial score (nSPS) is 18.2. The van der Waals surface area contributed by atoms with Crippen LogP contribution in [-0.4, -0.2) is 30.4 Å². The summed E-state index contributed by atoms with van der Waals surface area (Å²) in [5.41, 5.74) is 0.747. The number of carbonyl (C=O) groups is 2. The molecule has 0 aromatic heterocycles. The fraction of sp³-hybridized carbons (Fsp3) is 0.0769. The lowest BCUT2D eigenvalue weighted by Crippen LogP contribution is -2.19. The summed E-state index contributed by atoms with van der Waals surface area (Å²) in [7, 11) is 1.24. The summed E-state index contributed by atoms with van der Waals surface area (Å²) in [5, 5.41) is 11.1. The Morgan fingerprint density at radius 2 is 2.27 bits per heavy atom. The van der Waals surface area contributed by atoms with E-state index in [0.717, 1.165) is 27.9 Å². The molecule has 1 amide bonds. The van der Waals surface area contributed by atoms with Crippen LogP contribution < -0.4 is 5.32 Å².